The summed E-state index contributed by atoms with van der Waals surface area (Å²) in [6.07, 6.45) is 3.09. The predicted octanol–water partition coefficient (Wildman–Crippen LogP) is 2.72. The smallest absolute Gasteiger partial charge is 0.340 e. The number of benzene rings is 2. The van der Waals surface area contributed by atoms with Gasteiger partial charge < -0.3 is 19.7 Å². The van der Waals surface area contributed by atoms with Crippen LogP contribution in [0.3, 0.4) is 0 Å². The van der Waals surface area contributed by atoms with Gasteiger partial charge in [0.25, 0.3) is 15.9 Å². The molecule has 10 heteroatoms. The number of nitrogens with zero attached hydrogens (tertiary/aromatic N) is 2. The van der Waals surface area contributed by atoms with Gasteiger partial charge >= 0.3 is 5.97 Å². The molecule has 2 aliphatic heterocycles. The number of sulfonamides is 1. The number of carbonyl (C=O) groups is 2. The van der Waals surface area contributed by atoms with Crippen molar-refractivity contribution in [3.63, 3.8) is 0 Å². The van der Waals surface area contributed by atoms with Gasteiger partial charge in [-0.2, -0.15) is 0 Å². The maximum absolute atomic E-state index is 13.2. The number of ether oxygens (including phenoxy) is 2. The number of amidine groups is 1. The lowest BCUT2D eigenvalue weighted by atomic mass is 10.1. The summed E-state index contributed by atoms with van der Waals surface area (Å²) >= 11 is 0. The molecule has 2 heterocycles. The second-order valence-electron chi connectivity index (χ2n) is 7.74. The molecule has 0 saturated heterocycles. The molecule has 0 aromatic heterocycles. The number of amides is 1. The topological polar surface area (TPSA) is 114 Å². The summed E-state index contributed by atoms with van der Waals surface area (Å²) in [5, 5.41) is 2.79. The van der Waals surface area contributed by atoms with E-state index in [1.807, 2.05) is 13.0 Å². The van der Waals surface area contributed by atoms with Crippen molar-refractivity contribution in [2.45, 2.75) is 13.0 Å². The maximum atomic E-state index is 13.2. The van der Waals surface area contributed by atoms with E-state index in [1.54, 1.807) is 47.4 Å². The second kappa shape index (κ2) is 9.52. The van der Waals surface area contributed by atoms with Crippen LogP contribution in [-0.4, -0.2) is 50.4 Å². The molecule has 9 nitrogen and oxygen atoms in total. The summed E-state index contributed by atoms with van der Waals surface area (Å²) in [4.78, 5) is 27.8. The fourth-order valence-corrected chi connectivity index (χ4v) is 4.48. The van der Waals surface area contributed by atoms with Gasteiger partial charge in [-0.15, -0.1) is 4.40 Å². The maximum Gasteiger partial charge on any atom is 0.340 e. The minimum Gasteiger partial charge on any atom is -0.495 e. The Balaban J connectivity index is 1.58. The molecule has 0 bridgehead atoms. The molecular formula is C24H23N3O6S. The summed E-state index contributed by atoms with van der Waals surface area (Å²) in [5.41, 5.74) is 2.03. The quantitative estimate of drug-likeness (QED) is 0.631. The van der Waals surface area contributed by atoms with Gasteiger partial charge in [-0.3, -0.25) is 4.79 Å². The molecule has 0 aliphatic carbocycles. The van der Waals surface area contributed by atoms with E-state index < -0.39 is 28.0 Å². The van der Waals surface area contributed by atoms with E-state index >= 15 is 0 Å². The van der Waals surface area contributed by atoms with Gasteiger partial charge in [0.15, 0.2) is 0 Å². The normalized spacial score (nSPS) is 17.1. The third-order valence-electron chi connectivity index (χ3n) is 5.24. The summed E-state index contributed by atoms with van der Waals surface area (Å²) in [6.45, 7) is 2.05. The molecule has 34 heavy (non-hydrogen) atoms. The number of anilines is 1. The van der Waals surface area contributed by atoms with Crippen molar-refractivity contribution in [2.75, 3.05) is 24.7 Å². The highest BCUT2D eigenvalue weighted by atomic mass is 32.2. The van der Waals surface area contributed by atoms with Crippen molar-refractivity contribution in [1.82, 2.24) is 4.90 Å². The predicted molar refractivity (Wildman–Crippen MR) is 127 cm³/mol. The zero-order chi connectivity index (χ0) is 24.3. The lowest BCUT2D eigenvalue weighted by molar-refractivity contribution is -0.150. The number of hydrogen-bond donors (Lipinski definition) is 1. The Bertz CT molecular complexity index is 1320. The molecule has 0 radical (unpaired) electrons. The fraction of sp³-hybridized carbons (Fsp3) is 0.208. The zero-order valence-corrected chi connectivity index (χ0v) is 19.4. The number of esters is 1. The Morgan fingerprint density at radius 3 is 2.62 bits per heavy atom. The van der Waals surface area contributed by atoms with Crippen LogP contribution in [0.25, 0.3) is 0 Å². The monoisotopic (exact) mass is 481 g/mol. The van der Waals surface area contributed by atoms with Crippen molar-refractivity contribution in [2.24, 2.45) is 4.40 Å². The van der Waals surface area contributed by atoms with Crippen molar-refractivity contribution in [1.29, 1.82) is 0 Å². The van der Waals surface area contributed by atoms with E-state index in [9.17, 15) is 18.0 Å². The van der Waals surface area contributed by atoms with Gasteiger partial charge in [-0.05, 0) is 36.8 Å². The molecular weight excluding hydrogens is 458 g/mol. The SMILES string of the molecule is COc1ccc(C)cc1NC(=O)C(OC(=O)C1=CN2CCS(=O)(=O)N=C2C=C1)c1ccccc1. The average Bonchev–Trinajstić information content (AvgIpc) is 2.82. The van der Waals surface area contributed by atoms with Gasteiger partial charge in [0, 0.05) is 18.3 Å². The van der Waals surface area contributed by atoms with Gasteiger partial charge in [-0.1, -0.05) is 36.4 Å². The van der Waals surface area contributed by atoms with Crippen molar-refractivity contribution in [3.8, 4) is 5.75 Å². The number of fused-ring (bicyclic) bond motifs is 1. The minimum atomic E-state index is -3.51. The Kier molecular flexibility index (Phi) is 6.51. The van der Waals surface area contributed by atoms with Crippen LogP contribution in [0.1, 0.15) is 17.2 Å². The highest BCUT2D eigenvalue weighted by Crippen LogP contribution is 2.28. The minimum absolute atomic E-state index is 0.156. The Morgan fingerprint density at radius 1 is 1.12 bits per heavy atom. The zero-order valence-electron chi connectivity index (χ0n) is 18.6. The van der Waals surface area contributed by atoms with E-state index in [0.717, 1.165) is 5.56 Å². The van der Waals surface area contributed by atoms with Crippen LogP contribution < -0.4 is 10.1 Å². The van der Waals surface area contributed by atoms with E-state index in [0.29, 0.717) is 17.0 Å². The van der Waals surface area contributed by atoms with Gasteiger partial charge in [0.2, 0.25) is 6.10 Å². The highest BCUT2D eigenvalue weighted by Gasteiger charge is 2.29. The number of methoxy groups -OCH3 is 1. The molecule has 0 spiro atoms. The van der Waals surface area contributed by atoms with E-state index in [4.69, 9.17) is 9.47 Å². The molecule has 1 amide bonds. The summed E-state index contributed by atoms with van der Waals surface area (Å²) < 4.78 is 38.1. The first kappa shape index (κ1) is 23.2. The van der Waals surface area contributed by atoms with Gasteiger partial charge in [0.05, 0.1) is 24.1 Å². The lowest BCUT2D eigenvalue weighted by Gasteiger charge is -2.27. The molecule has 2 aliphatic rings. The Hall–Kier alpha value is -3.92. The van der Waals surface area contributed by atoms with E-state index in [1.165, 1.54) is 25.5 Å². The molecule has 1 unspecified atom stereocenters. The van der Waals surface area contributed by atoms with Crippen LogP contribution in [0.5, 0.6) is 5.75 Å². The molecule has 4 rings (SSSR count). The number of carbonyl (C=O) groups excluding carboxylic acids is 2. The highest BCUT2D eigenvalue weighted by molar-refractivity contribution is 7.90. The molecule has 1 N–H and O–H groups in total. The van der Waals surface area contributed by atoms with Crippen LogP contribution in [0.4, 0.5) is 5.69 Å². The average molecular weight is 482 g/mol. The Morgan fingerprint density at radius 2 is 1.88 bits per heavy atom. The molecule has 0 saturated carbocycles. The third kappa shape index (κ3) is 5.18. The van der Waals surface area contributed by atoms with Crippen LogP contribution in [0.2, 0.25) is 0 Å². The van der Waals surface area contributed by atoms with Crippen LogP contribution >= 0.6 is 0 Å². The first-order chi connectivity index (χ1) is 16.3. The van der Waals surface area contributed by atoms with Gasteiger partial charge in [0.1, 0.15) is 11.6 Å². The van der Waals surface area contributed by atoms with Crippen LogP contribution in [0, 0.1) is 6.92 Å². The first-order valence-corrected chi connectivity index (χ1v) is 12.1. The lowest BCUT2D eigenvalue weighted by Crippen LogP contribution is -2.37. The molecule has 1 atom stereocenters. The molecule has 2 aromatic carbocycles. The van der Waals surface area contributed by atoms with Crippen molar-refractivity contribution < 1.29 is 27.5 Å². The van der Waals surface area contributed by atoms with Crippen LogP contribution in [0.15, 0.2) is 76.9 Å². The summed E-state index contributed by atoms with van der Waals surface area (Å²) in [7, 11) is -2.01. The Labute approximate surface area is 197 Å². The molecule has 0 fully saturated rings. The van der Waals surface area contributed by atoms with Crippen molar-refractivity contribution >= 4 is 33.4 Å². The third-order valence-corrected chi connectivity index (χ3v) is 6.40. The molecule has 176 valence electrons. The number of rotatable bonds is 6. The summed E-state index contributed by atoms with van der Waals surface area (Å²) in [6, 6.07) is 14.0. The number of nitrogens with one attached hydrogen (secondary N) is 1. The summed E-state index contributed by atoms with van der Waals surface area (Å²) in [5.74, 6) is -0.732. The van der Waals surface area contributed by atoms with E-state index in [2.05, 4.69) is 9.71 Å². The molecule has 2 aromatic rings. The fourth-order valence-electron chi connectivity index (χ4n) is 3.52. The van der Waals surface area contributed by atoms with E-state index in [-0.39, 0.29) is 23.7 Å². The second-order valence-corrected chi connectivity index (χ2v) is 9.49. The number of aryl methyl sites for hydroxylation is 1. The first-order valence-electron chi connectivity index (χ1n) is 10.5. The van der Waals surface area contributed by atoms with Crippen LogP contribution in [-0.2, 0) is 24.3 Å². The largest absolute Gasteiger partial charge is 0.495 e. The number of hydrogen-bond acceptors (Lipinski definition) is 7. The standard InChI is InChI=1S/C24H23N3O6S/c1-16-8-10-20(32-2)19(14-16)25-23(28)22(17-6-4-3-5-7-17)33-24(29)18-9-11-21-26-34(30,31)13-12-27(21)15-18/h3-11,14-15,22H,12-13H2,1-2H3,(H,25,28). The van der Waals surface area contributed by atoms with Gasteiger partial charge in [-0.25, -0.2) is 13.2 Å². The van der Waals surface area contributed by atoms with Crippen molar-refractivity contribution in [3.05, 3.63) is 83.6 Å².